The maximum atomic E-state index is 11.0. The summed E-state index contributed by atoms with van der Waals surface area (Å²) in [5.74, 6) is -2.31. The molecule has 0 aliphatic heterocycles. The van der Waals surface area contributed by atoms with Gasteiger partial charge in [-0.25, -0.2) is 4.79 Å². The molecule has 14 heavy (non-hydrogen) atoms. The molecule has 6 nitrogen and oxygen atoms in total. The van der Waals surface area contributed by atoms with E-state index in [1.54, 1.807) is 6.92 Å². The quantitative estimate of drug-likeness (QED) is 0.589. The van der Waals surface area contributed by atoms with E-state index in [0.29, 0.717) is 0 Å². The fraction of sp³-hybridized carbons (Fsp3) is 0.625. The largest absolute Gasteiger partial charge is 0.481 e. The number of carboxylic acid groups (broad SMARTS) is 1. The normalized spacial score (nSPS) is 11.6. The Morgan fingerprint density at radius 2 is 2.00 bits per heavy atom. The van der Waals surface area contributed by atoms with Gasteiger partial charge in [-0.05, 0) is 0 Å². The van der Waals surface area contributed by atoms with Gasteiger partial charge in [-0.1, -0.05) is 6.92 Å². The van der Waals surface area contributed by atoms with E-state index < -0.39 is 24.4 Å². The fourth-order valence-corrected chi connectivity index (χ4v) is 0.807. The van der Waals surface area contributed by atoms with Crippen LogP contribution in [0.1, 0.15) is 19.8 Å². The van der Waals surface area contributed by atoms with Crippen molar-refractivity contribution in [1.82, 2.24) is 5.32 Å². The molecule has 0 aromatic rings. The van der Waals surface area contributed by atoms with Crippen molar-refractivity contribution < 1.29 is 24.2 Å². The van der Waals surface area contributed by atoms with Crippen molar-refractivity contribution in [2.45, 2.75) is 25.8 Å². The van der Waals surface area contributed by atoms with Gasteiger partial charge in [0, 0.05) is 6.42 Å². The van der Waals surface area contributed by atoms with Crippen LogP contribution in [0.3, 0.4) is 0 Å². The van der Waals surface area contributed by atoms with Gasteiger partial charge in [-0.2, -0.15) is 0 Å². The lowest BCUT2D eigenvalue weighted by atomic mass is 10.2. The molecule has 0 aliphatic rings. The number of methoxy groups -OCH3 is 1. The molecule has 0 fully saturated rings. The van der Waals surface area contributed by atoms with E-state index in [-0.39, 0.29) is 12.3 Å². The van der Waals surface area contributed by atoms with Crippen molar-refractivity contribution in [3.8, 4) is 0 Å². The highest BCUT2D eigenvalue weighted by molar-refractivity contribution is 5.87. The second-order valence-electron chi connectivity index (χ2n) is 2.59. The van der Waals surface area contributed by atoms with Gasteiger partial charge in [0.15, 0.2) is 0 Å². The molecule has 1 atom stereocenters. The highest BCUT2D eigenvalue weighted by Gasteiger charge is 2.23. The van der Waals surface area contributed by atoms with Crippen LogP contribution in [0.5, 0.6) is 0 Å². The van der Waals surface area contributed by atoms with Crippen LogP contribution in [0, 0.1) is 0 Å². The van der Waals surface area contributed by atoms with Gasteiger partial charge in [0.05, 0.1) is 13.5 Å². The van der Waals surface area contributed by atoms with E-state index in [2.05, 4.69) is 10.1 Å². The van der Waals surface area contributed by atoms with E-state index in [9.17, 15) is 14.4 Å². The van der Waals surface area contributed by atoms with Gasteiger partial charge in [-0.15, -0.1) is 0 Å². The molecule has 2 N–H and O–H groups in total. The van der Waals surface area contributed by atoms with Crippen LogP contribution in [0.4, 0.5) is 0 Å². The highest BCUT2D eigenvalue weighted by atomic mass is 16.5. The second kappa shape index (κ2) is 5.95. The molecule has 1 amide bonds. The van der Waals surface area contributed by atoms with E-state index >= 15 is 0 Å². The van der Waals surface area contributed by atoms with Gasteiger partial charge in [0.1, 0.15) is 6.04 Å². The van der Waals surface area contributed by atoms with Gasteiger partial charge in [-0.3, -0.25) is 9.59 Å². The number of esters is 1. The van der Waals surface area contributed by atoms with Gasteiger partial charge in [0.25, 0.3) is 0 Å². The zero-order valence-electron chi connectivity index (χ0n) is 8.07. The SMILES string of the molecule is CCC(=O)N[C@@H](CC(=O)O)C(=O)OC. The average molecular weight is 203 g/mol. The summed E-state index contributed by atoms with van der Waals surface area (Å²) in [5, 5.41) is 10.7. The molecule has 0 aromatic carbocycles. The number of nitrogens with one attached hydrogen (secondary N) is 1. The number of carbonyl (C=O) groups excluding carboxylic acids is 2. The van der Waals surface area contributed by atoms with Crippen molar-refractivity contribution >= 4 is 17.8 Å². The summed E-state index contributed by atoms with van der Waals surface area (Å²) < 4.78 is 4.34. The monoisotopic (exact) mass is 203 g/mol. The Kier molecular flexibility index (Phi) is 5.28. The molecule has 0 heterocycles. The first-order valence-corrected chi connectivity index (χ1v) is 4.10. The van der Waals surface area contributed by atoms with E-state index in [4.69, 9.17) is 5.11 Å². The van der Waals surface area contributed by atoms with Crippen molar-refractivity contribution in [2.24, 2.45) is 0 Å². The Balaban J connectivity index is 4.31. The Labute approximate surface area is 81.2 Å². The minimum absolute atomic E-state index is 0.188. The minimum atomic E-state index is -1.17. The number of ether oxygens (including phenoxy) is 1. The number of amides is 1. The Hall–Kier alpha value is -1.59. The lowest BCUT2D eigenvalue weighted by Crippen LogP contribution is -2.42. The van der Waals surface area contributed by atoms with Crippen LogP contribution in [0.2, 0.25) is 0 Å². The zero-order valence-corrected chi connectivity index (χ0v) is 8.07. The highest BCUT2D eigenvalue weighted by Crippen LogP contribution is 1.96. The first-order valence-electron chi connectivity index (χ1n) is 4.10. The molecule has 0 rings (SSSR count). The lowest BCUT2D eigenvalue weighted by molar-refractivity contribution is -0.149. The van der Waals surface area contributed by atoms with Crippen molar-refractivity contribution in [2.75, 3.05) is 7.11 Å². The molecule has 0 aliphatic carbocycles. The minimum Gasteiger partial charge on any atom is -0.481 e. The van der Waals surface area contributed by atoms with Gasteiger partial charge >= 0.3 is 11.9 Å². The number of carboxylic acids is 1. The summed E-state index contributed by atoms with van der Waals surface area (Å²) in [7, 11) is 1.13. The molecule has 0 unspecified atom stereocenters. The molecule has 0 saturated heterocycles. The van der Waals surface area contributed by atoms with Crippen molar-refractivity contribution in [1.29, 1.82) is 0 Å². The second-order valence-corrected chi connectivity index (χ2v) is 2.59. The summed E-state index contributed by atoms with van der Waals surface area (Å²) in [6, 6.07) is -1.11. The number of rotatable bonds is 5. The zero-order chi connectivity index (χ0) is 11.1. The third kappa shape index (κ3) is 4.44. The van der Waals surface area contributed by atoms with Crippen molar-refractivity contribution in [3.05, 3.63) is 0 Å². The molecule has 0 spiro atoms. The Morgan fingerprint density at radius 3 is 2.36 bits per heavy atom. The summed E-state index contributed by atoms with van der Waals surface area (Å²) in [4.78, 5) is 32.3. The summed E-state index contributed by atoms with van der Waals surface area (Å²) >= 11 is 0. The van der Waals surface area contributed by atoms with E-state index in [0.717, 1.165) is 7.11 Å². The molecule has 0 aromatic heterocycles. The predicted octanol–water partition coefficient (Wildman–Crippen LogP) is -0.471. The first kappa shape index (κ1) is 12.4. The first-order chi connectivity index (χ1) is 6.51. The number of hydrogen-bond donors (Lipinski definition) is 2. The number of carbonyl (C=O) groups is 3. The van der Waals surface area contributed by atoms with Crippen LogP contribution in [-0.2, 0) is 19.1 Å². The fourth-order valence-electron chi connectivity index (χ4n) is 0.807. The topological polar surface area (TPSA) is 92.7 Å². The average Bonchev–Trinajstić information content (AvgIpc) is 2.14. The van der Waals surface area contributed by atoms with Gasteiger partial charge < -0.3 is 15.2 Å². The molecule has 0 radical (unpaired) electrons. The third-order valence-electron chi connectivity index (χ3n) is 1.52. The van der Waals surface area contributed by atoms with Gasteiger partial charge in [0.2, 0.25) is 5.91 Å². The summed E-state index contributed by atoms with van der Waals surface area (Å²) in [5.41, 5.74) is 0. The molecule has 6 heteroatoms. The standard InChI is InChI=1S/C8H13NO5/c1-3-6(10)9-5(4-7(11)12)8(13)14-2/h5H,3-4H2,1-2H3,(H,9,10)(H,11,12)/t5-/m0/s1. The third-order valence-corrected chi connectivity index (χ3v) is 1.52. The maximum Gasteiger partial charge on any atom is 0.328 e. The molecule has 80 valence electrons. The maximum absolute atomic E-state index is 11.0. The number of hydrogen-bond acceptors (Lipinski definition) is 4. The van der Waals surface area contributed by atoms with Crippen LogP contribution in [-0.4, -0.2) is 36.1 Å². The summed E-state index contributed by atoms with van der Waals surface area (Å²) in [6.07, 6.45) is -0.286. The lowest BCUT2D eigenvalue weighted by Gasteiger charge is -2.13. The Bertz CT molecular complexity index is 238. The smallest absolute Gasteiger partial charge is 0.328 e. The van der Waals surface area contributed by atoms with Crippen LogP contribution < -0.4 is 5.32 Å². The van der Waals surface area contributed by atoms with Crippen molar-refractivity contribution in [3.63, 3.8) is 0 Å². The summed E-state index contributed by atoms with van der Waals surface area (Å²) in [6.45, 7) is 1.60. The Morgan fingerprint density at radius 1 is 1.43 bits per heavy atom. The van der Waals surface area contributed by atoms with Crippen LogP contribution >= 0.6 is 0 Å². The van der Waals surface area contributed by atoms with Crippen LogP contribution in [0.15, 0.2) is 0 Å². The molecular weight excluding hydrogens is 190 g/mol. The van der Waals surface area contributed by atoms with Crippen LogP contribution in [0.25, 0.3) is 0 Å². The van der Waals surface area contributed by atoms with E-state index in [1.807, 2.05) is 0 Å². The molecule has 0 saturated carbocycles. The predicted molar refractivity (Wildman–Crippen MR) is 46.5 cm³/mol. The molecule has 0 bridgehead atoms. The number of aliphatic carboxylic acids is 1. The molecular formula is C8H13NO5. The van der Waals surface area contributed by atoms with E-state index in [1.165, 1.54) is 0 Å².